The van der Waals surface area contributed by atoms with E-state index in [0.29, 0.717) is 6.42 Å². The van der Waals surface area contributed by atoms with Gasteiger partial charge in [-0.1, -0.05) is 0 Å². The Bertz CT molecular complexity index is 490. The van der Waals surface area contributed by atoms with Crippen molar-refractivity contribution < 1.29 is 18.3 Å². The standard InChI is InChI=1S/C8H10N2O4S/c11-8(12)6-3-9-10(4-6)7-1-2-15(13,14)5-7/h3-4,7H,1-2,5H2,(H,11,12). The predicted molar refractivity (Wildman–Crippen MR) is 51.5 cm³/mol. The molecule has 6 nitrogen and oxygen atoms in total. The van der Waals surface area contributed by atoms with Gasteiger partial charge in [0.05, 0.1) is 29.3 Å². The number of nitrogens with zero attached hydrogens (tertiary/aromatic N) is 2. The van der Waals surface area contributed by atoms with Gasteiger partial charge in [0.15, 0.2) is 9.84 Å². The van der Waals surface area contributed by atoms with Crippen LogP contribution in [-0.4, -0.2) is 40.8 Å². The van der Waals surface area contributed by atoms with Gasteiger partial charge in [0, 0.05) is 6.20 Å². The molecular weight excluding hydrogens is 220 g/mol. The van der Waals surface area contributed by atoms with Crippen LogP contribution in [0.15, 0.2) is 12.4 Å². The van der Waals surface area contributed by atoms with E-state index in [0.717, 1.165) is 0 Å². The maximum atomic E-state index is 11.2. The van der Waals surface area contributed by atoms with Gasteiger partial charge in [0.2, 0.25) is 0 Å². The molecule has 1 aliphatic heterocycles. The molecule has 1 atom stereocenters. The zero-order valence-electron chi connectivity index (χ0n) is 7.83. The summed E-state index contributed by atoms with van der Waals surface area (Å²) in [5.41, 5.74) is 0.0827. The van der Waals surface area contributed by atoms with E-state index in [-0.39, 0.29) is 23.1 Å². The van der Waals surface area contributed by atoms with Gasteiger partial charge in [0.1, 0.15) is 0 Å². The van der Waals surface area contributed by atoms with Crippen molar-refractivity contribution in [1.82, 2.24) is 9.78 Å². The summed E-state index contributed by atoms with van der Waals surface area (Å²) in [5.74, 6) is -0.852. The molecule has 82 valence electrons. The topological polar surface area (TPSA) is 89.3 Å². The quantitative estimate of drug-likeness (QED) is 0.768. The molecule has 15 heavy (non-hydrogen) atoms. The van der Waals surface area contributed by atoms with Crippen LogP contribution in [0, 0.1) is 0 Å². The van der Waals surface area contributed by atoms with Gasteiger partial charge in [-0.05, 0) is 6.42 Å². The van der Waals surface area contributed by atoms with Gasteiger partial charge in [0.25, 0.3) is 0 Å². The van der Waals surface area contributed by atoms with Crippen molar-refractivity contribution in [2.75, 3.05) is 11.5 Å². The smallest absolute Gasteiger partial charge is 0.338 e. The number of carboxylic acid groups (broad SMARTS) is 1. The largest absolute Gasteiger partial charge is 0.478 e. The second-order valence-corrected chi connectivity index (χ2v) is 5.80. The van der Waals surface area contributed by atoms with Crippen molar-refractivity contribution in [2.24, 2.45) is 0 Å². The summed E-state index contributed by atoms with van der Waals surface area (Å²) in [5, 5.41) is 12.5. The lowest BCUT2D eigenvalue weighted by Crippen LogP contribution is -2.11. The lowest BCUT2D eigenvalue weighted by Gasteiger charge is -2.06. The molecular formula is C8H10N2O4S. The number of hydrogen-bond donors (Lipinski definition) is 1. The lowest BCUT2D eigenvalue weighted by atomic mass is 10.3. The molecule has 0 radical (unpaired) electrons. The SMILES string of the molecule is O=C(O)c1cnn(C2CCS(=O)(=O)C2)c1. The highest BCUT2D eigenvalue weighted by molar-refractivity contribution is 7.91. The summed E-state index contributed by atoms with van der Waals surface area (Å²) in [7, 11) is -2.96. The van der Waals surface area contributed by atoms with Gasteiger partial charge < -0.3 is 5.11 Å². The average Bonchev–Trinajstić information content (AvgIpc) is 2.70. The van der Waals surface area contributed by atoms with E-state index >= 15 is 0 Å². The summed E-state index contributed by atoms with van der Waals surface area (Å²) < 4.78 is 23.8. The maximum Gasteiger partial charge on any atom is 0.338 e. The Hall–Kier alpha value is -1.37. The van der Waals surface area contributed by atoms with E-state index in [1.807, 2.05) is 0 Å². The number of aromatic nitrogens is 2. The fourth-order valence-electron chi connectivity index (χ4n) is 1.63. The normalized spacial score (nSPS) is 24.1. The van der Waals surface area contributed by atoms with Crippen LogP contribution in [0.1, 0.15) is 22.8 Å². The number of rotatable bonds is 2. The Morgan fingerprint density at radius 3 is 2.80 bits per heavy atom. The maximum absolute atomic E-state index is 11.2. The first kappa shape index (κ1) is 10.2. The van der Waals surface area contributed by atoms with Crippen molar-refractivity contribution in [3.63, 3.8) is 0 Å². The Kier molecular flexibility index (Phi) is 2.26. The first-order chi connectivity index (χ1) is 6.98. The Labute approximate surface area is 86.4 Å². The Morgan fingerprint density at radius 2 is 2.33 bits per heavy atom. The number of aromatic carboxylic acids is 1. The van der Waals surface area contributed by atoms with Crippen molar-refractivity contribution in [2.45, 2.75) is 12.5 Å². The summed E-state index contributed by atoms with van der Waals surface area (Å²) >= 11 is 0. The highest BCUT2D eigenvalue weighted by Gasteiger charge is 2.29. The highest BCUT2D eigenvalue weighted by atomic mass is 32.2. The molecule has 0 spiro atoms. The third-order valence-corrected chi connectivity index (χ3v) is 4.18. The molecule has 0 aromatic carbocycles. The first-order valence-corrected chi connectivity index (χ1v) is 6.28. The van der Waals surface area contributed by atoms with Crippen LogP contribution in [0.3, 0.4) is 0 Å². The minimum Gasteiger partial charge on any atom is -0.478 e. The molecule has 7 heteroatoms. The second kappa shape index (κ2) is 3.34. The van der Waals surface area contributed by atoms with Crippen LogP contribution in [0.5, 0.6) is 0 Å². The molecule has 1 unspecified atom stereocenters. The highest BCUT2D eigenvalue weighted by Crippen LogP contribution is 2.22. The van der Waals surface area contributed by atoms with Crippen LogP contribution in [0.4, 0.5) is 0 Å². The molecule has 1 aliphatic rings. The number of carboxylic acids is 1. The molecule has 0 bridgehead atoms. The fraction of sp³-hybridized carbons (Fsp3) is 0.500. The second-order valence-electron chi connectivity index (χ2n) is 3.57. The van der Waals surface area contributed by atoms with Gasteiger partial charge >= 0.3 is 5.97 Å². The predicted octanol–water partition coefficient (Wildman–Crippen LogP) is -0.0591. The molecule has 1 fully saturated rings. The number of hydrogen-bond acceptors (Lipinski definition) is 4. The van der Waals surface area contributed by atoms with Gasteiger partial charge in [-0.3, -0.25) is 4.68 Å². The van der Waals surface area contributed by atoms with E-state index < -0.39 is 15.8 Å². The molecule has 1 saturated heterocycles. The van der Waals surface area contributed by atoms with Crippen molar-refractivity contribution in [3.05, 3.63) is 18.0 Å². The van der Waals surface area contributed by atoms with Gasteiger partial charge in [-0.15, -0.1) is 0 Å². The Morgan fingerprint density at radius 1 is 1.60 bits per heavy atom. The van der Waals surface area contributed by atoms with Gasteiger partial charge in [-0.2, -0.15) is 5.10 Å². The number of carbonyl (C=O) groups is 1. The fourth-order valence-corrected chi connectivity index (χ4v) is 3.34. The van der Waals surface area contributed by atoms with Crippen LogP contribution in [0.25, 0.3) is 0 Å². The molecule has 2 rings (SSSR count). The minimum atomic E-state index is -2.96. The molecule has 0 aliphatic carbocycles. The van der Waals surface area contributed by atoms with Crippen LogP contribution < -0.4 is 0 Å². The zero-order valence-corrected chi connectivity index (χ0v) is 8.64. The minimum absolute atomic E-state index is 0.0493. The Balaban J connectivity index is 2.21. The number of sulfone groups is 1. The molecule has 0 amide bonds. The third kappa shape index (κ3) is 2.01. The monoisotopic (exact) mass is 230 g/mol. The van der Waals surface area contributed by atoms with Crippen molar-refractivity contribution in [3.8, 4) is 0 Å². The molecule has 2 heterocycles. The van der Waals surface area contributed by atoms with Crippen molar-refractivity contribution >= 4 is 15.8 Å². The molecule has 1 aromatic rings. The van der Waals surface area contributed by atoms with E-state index in [1.165, 1.54) is 17.1 Å². The zero-order chi connectivity index (χ0) is 11.1. The van der Waals surface area contributed by atoms with E-state index in [9.17, 15) is 13.2 Å². The van der Waals surface area contributed by atoms with Crippen LogP contribution in [0.2, 0.25) is 0 Å². The molecule has 1 aromatic heterocycles. The summed E-state index contributed by atoms with van der Waals surface area (Å²) in [6, 6.07) is -0.219. The van der Waals surface area contributed by atoms with E-state index in [4.69, 9.17) is 5.11 Å². The first-order valence-electron chi connectivity index (χ1n) is 4.46. The summed E-state index contributed by atoms with van der Waals surface area (Å²) in [6.45, 7) is 0. The van der Waals surface area contributed by atoms with E-state index in [1.54, 1.807) is 0 Å². The molecule has 0 saturated carbocycles. The third-order valence-electron chi connectivity index (χ3n) is 2.43. The summed E-state index contributed by atoms with van der Waals surface area (Å²) in [6.07, 6.45) is 3.10. The molecule has 1 N–H and O–H groups in total. The van der Waals surface area contributed by atoms with Crippen molar-refractivity contribution in [1.29, 1.82) is 0 Å². The lowest BCUT2D eigenvalue weighted by molar-refractivity contribution is 0.0696. The van der Waals surface area contributed by atoms with E-state index in [2.05, 4.69) is 5.10 Å². The van der Waals surface area contributed by atoms with Crippen LogP contribution >= 0.6 is 0 Å². The van der Waals surface area contributed by atoms with Gasteiger partial charge in [-0.25, -0.2) is 13.2 Å². The average molecular weight is 230 g/mol. The van der Waals surface area contributed by atoms with Crippen LogP contribution in [-0.2, 0) is 9.84 Å². The summed E-state index contributed by atoms with van der Waals surface area (Å²) in [4.78, 5) is 10.6.